The zero-order chi connectivity index (χ0) is 11.3. The molecule has 1 aromatic carbocycles. The molecule has 0 saturated carbocycles. The number of aliphatic hydroxyl groups is 2. The normalized spacial score (nSPS) is 11.0. The predicted octanol–water partition coefficient (Wildman–Crippen LogP) is 1.88. The Kier molecular flexibility index (Phi) is 4.79. The van der Waals surface area contributed by atoms with Crippen LogP contribution in [-0.2, 0) is 12.8 Å². The molecule has 2 heteroatoms. The molecule has 0 heterocycles. The summed E-state index contributed by atoms with van der Waals surface area (Å²) in [5, 5.41) is 17.8. The van der Waals surface area contributed by atoms with Crippen molar-refractivity contribution in [1.82, 2.24) is 0 Å². The molecule has 1 rings (SSSR count). The Morgan fingerprint density at radius 1 is 0.933 bits per heavy atom. The quantitative estimate of drug-likeness (QED) is 0.775. The lowest BCUT2D eigenvalue weighted by molar-refractivity contribution is 0.298. The molecule has 2 nitrogen and oxygen atoms in total. The molecular weight excluding hydrogens is 188 g/mol. The smallest absolute Gasteiger partial charge is 0.0471 e. The molecule has 0 bridgehead atoms. The lowest BCUT2D eigenvalue weighted by atomic mass is 9.96. The third-order valence-electron chi connectivity index (χ3n) is 2.54. The number of hydrogen-bond donors (Lipinski definition) is 2. The van der Waals surface area contributed by atoms with E-state index in [0.29, 0.717) is 18.8 Å². The van der Waals surface area contributed by atoms with Crippen LogP contribution < -0.4 is 0 Å². The van der Waals surface area contributed by atoms with E-state index in [1.54, 1.807) is 0 Å². The molecule has 0 saturated heterocycles. The van der Waals surface area contributed by atoms with Gasteiger partial charge in [0.1, 0.15) is 0 Å². The van der Waals surface area contributed by atoms with E-state index in [2.05, 4.69) is 32.0 Å². The number of hydrogen-bond acceptors (Lipinski definition) is 2. The van der Waals surface area contributed by atoms with Gasteiger partial charge in [0.2, 0.25) is 0 Å². The monoisotopic (exact) mass is 208 g/mol. The number of rotatable bonds is 5. The van der Waals surface area contributed by atoms with Crippen LogP contribution >= 0.6 is 0 Å². The molecule has 0 atom stereocenters. The summed E-state index contributed by atoms with van der Waals surface area (Å²) in [5.74, 6) is 0.487. The maximum absolute atomic E-state index is 8.92. The van der Waals surface area contributed by atoms with Gasteiger partial charge in [-0.1, -0.05) is 32.0 Å². The van der Waals surface area contributed by atoms with Crippen molar-refractivity contribution in [2.45, 2.75) is 32.6 Å². The van der Waals surface area contributed by atoms with Gasteiger partial charge in [-0.05, 0) is 35.4 Å². The summed E-state index contributed by atoms with van der Waals surface area (Å²) < 4.78 is 0. The minimum Gasteiger partial charge on any atom is -0.396 e. The summed E-state index contributed by atoms with van der Waals surface area (Å²) in [7, 11) is 0. The predicted molar refractivity (Wildman–Crippen MR) is 62.1 cm³/mol. The second kappa shape index (κ2) is 5.89. The van der Waals surface area contributed by atoms with Gasteiger partial charge in [-0.15, -0.1) is 0 Å². The molecule has 0 aliphatic rings. The maximum atomic E-state index is 8.92. The van der Waals surface area contributed by atoms with Gasteiger partial charge in [0.15, 0.2) is 0 Å². The summed E-state index contributed by atoms with van der Waals surface area (Å²) in [6.45, 7) is 4.67. The van der Waals surface area contributed by atoms with E-state index in [1.807, 2.05) is 0 Å². The summed E-state index contributed by atoms with van der Waals surface area (Å²) in [5.41, 5.74) is 3.60. The van der Waals surface area contributed by atoms with E-state index >= 15 is 0 Å². The third-order valence-corrected chi connectivity index (χ3v) is 2.54. The van der Waals surface area contributed by atoms with Crippen LogP contribution in [0.25, 0.3) is 0 Å². The fraction of sp³-hybridized carbons (Fsp3) is 0.538. The third kappa shape index (κ3) is 3.65. The average Bonchev–Trinajstić information content (AvgIpc) is 2.18. The van der Waals surface area contributed by atoms with Crippen LogP contribution in [0.3, 0.4) is 0 Å². The van der Waals surface area contributed by atoms with Crippen molar-refractivity contribution >= 4 is 0 Å². The number of aliphatic hydroxyl groups excluding tert-OH is 2. The first-order valence-electron chi connectivity index (χ1n) is 5.51. The van der Waals surface area contributed by atoms with E-state index in [4.69, 9.17) is 10.2 Å². The van der Waals surface area contributed by atoms with Gasteiger partial charge in [0.25, 0.3) is 0 Å². The molecule has 0 spiro atoms. The molecule has 0 aliphatic heterocycles. The van der Waals surface area contributed by atoms with Crippen LogP contribution in [0, 0.1) is 0 Å². The van der Waals surface area contributed by atoms with E-state index in [9.17, 15) is 0 Å². The average molecular weight is 208 g/mol. The first-order chi connectivity index (χ1) is 7.17. The molecule has 1 aromatic rings. The minimum absolute atomic E-state index is 0.181. The number of benzene rings is 1. The minimum atomic E-state index is 0.181. The summed E-state index contributed by atoms with van der Waals surface area (Å²) in [4.78, 5) is 0. The second-order valence-electron chi connectivity index (χ2n) is 4.18. The Balaban J connectivity index is 2.97. The van der Waals surface area contributed by atoms with Gasteiger partial charge >= 0.3 is 0 Å². The highest BCUT2D eigenvalue weighted by Crippen LogP contribution is 2.19. The fourth-order valence-corrected chi connectivity index (χ4v) is 1.67. The summed E-state index contributed by atoms with van der Waals surface area (Å²) >= 11 is 0. The zero-order valence-electron chi connectivity index (χ0n) is 9.53. The van der Waals surface area contributed by atoms with Gasteiger partial charge in [-0.3, -0.25) is 0 Å². The molecule has 2 N–H and O–H groups in total. The molecule has 0 fully saturated rings. The van der Waals surface area contributed by atoms with Crippen molar-refractivity contribution in [2.24, 2.45) is 0 Å². The lowest BCUT2D eigenvalue weighted by Gasteiger charge is -2.11. The van der Waals surface area contributed by atoms with Gasteiger partial charge < -0.3 is 10.2 Å². The topological polar surface area (TPSA) is 40.5 Å². The molecular formula is C13H20O2. The van der Waals surface area contributed by atoms with E-state index in [1.165, 1.54) is 5.56 Å². The second-order valence-corrected chi connectivity index (χ2v) is 4.18. The Labute approximate surface area is 91.6 Å². The maximum Gasteiger partial charge on any atom is 0.0471 e. The van der Waals surface area contributed by atoms with Crippen LogP contribution in [0.1, 0.15) is 36.5 Å². The van der Waals surface area contributed by atoms with Crippen molar-refractivity contribution in [3.63, 3.8) is 0 Å². The first kappa shape index (κ1) is 12.2. The van der Waals surface area contributed by atoms with Crippen LogP contribution in [-0.4, -0.2) is 23.4 Å². The first-order valence-corrected chi connectivity index (χ1v) is 5.51. The van der Waals surface area contributed by atoms with Gasteiger partial charge in [-0.25, -0.2) is 0 Å². The van der Waals surface area contributed by atoms with Crippen LogP contribution in [0.5, 0.6) is 0 Å². The van der Waals surface area contributed by atoms with Crippen molar-refractivity contribution in [3.05, 3.63) is 34.9 Å². The van der Waals surface area contributed by atoms with Gasteiger partial charge in [-0.2, -0.15) is 0 Å². The summed E-state index contributed by atoms with van der Waals surface area (Å²) in [6, 6.07) is 6.35. The summed E-state index contributed by atoms with van der Waals surface area (Å²) in [6.07, 6.45) is 1.39. The van der Waals surface area contributed by atoms with Crippen molar-refractivity contribution in [3.8, 4) is 0 Å². The molecule has 0 radical (unpaired) electrons. The molecule has 0 unspecified atom stereocenters. The van der Waals surface area contributed by atoms with Gasteiger partial charge in [0, 0.05) is 13.2 Å². The highest BCUT2D eigenvalue weighted by atomic mass is 16.3. The fourth-order valence-electron chi connectivity index (χ4n) is 1.67. The van der Waals surface area contributed by atoms with E-state index in [-0.39, 0.29) is 13.2 Å². The van der Waals surface area contributed by atoms with Crippen molar-refractivity contribution in [2.75, 3.05) is 13.2 Å². The standard InChI is InChI=1S/C13H20O2/c1-10(2)13-8-11(3-5-14)7-12(9-13)4-6-15/h7-10,14-15H,3-6H2,1-2H3. The van der Waals surface area contributed by atoms with Crippen LogP contribution in [0.4, 0.5) is 0 Å². The Morgan fingerprint density at radius 3 is 1.73 bits per heavy atom. The van der Waals surface area contributed by atoms with Crippen LogP contribution in [0.2, 0.25) is 0 Å². The van der Waals surface area contributed by atoms with Gasteiger partial charge in [0.05, 0.1) is 0 Å². The van der Waals surface area contributed by atoms with Crippen LogP contribution in [0.15, 0.2) is 18.2 Å². The van der Waals surface area contributed by atoms with Crippen molar-refractivity contribution in [1.29, 1.82) is 0 Å². The molecule has 0 aliphatic carbocycles. The van der Waals surface area contributed by atoms with Crippen molar-refractivity contribution < 1.29 is 10.2 Å². The molecule has 15 heavy (non-hydrogen) atoms. The highest BCUT2D eigenvalue weighted by molar-refractivity contribution is 5.32. The molecule has 0 amide bonds. The lowest BCUT2D eigenvalue weighted by Crippen LogP contribution is -1.99. The zero-order valence-corrected chi connectivity index (χ0v) is 9.53. The Hall–Kier alpha value is -0.860. The highest BCUT2D eigenvalue weighted by Gasteiger charge is 2.04. The SMILES string of the molecule is CC(C)c1cc(CCO)cc(CCO)c1. The van der Waals surface area contributed by atoms with E-state index < -0.39 is 0 Å². The Morgan fingerprint density at radius 2 is 1.40 bits per heavy atom. The largest absolute Gasteiger partial charge is 0.396 e. The van der Waals surface area contributed by atoms with E-state index in [0.717, 1.165) is 11.1 Å². The molecule has 0 aromatic heterocycles. The molecule has 84 valence electrons. The Bertz CT molecular complexity index is 281.